The number of carbonyl (C=O) groups is 1. The SMILES string of the molecule is CCCN(Cc1nc(C)no1)C1COCC1C(=O)O. The number of aliphatic carboxylic acids is 1. The maximum Gasteiger partial charge on any atom is 0.310 e. The van der Waals surface area contributed by atoms with Crippen molar-refractivity contribution in [3.8, 4) is 0 Å². The Kier molecular flexibility index (Phi) is 4.49. The number of ether oxygens (including phenoxy) is 1. The van der Waals surface area contributed by atoms with Gasteiger partial charge in [0.15, 0.2) is 5.82 Å². The first-order valence-corrected chi connectivity index (χ1v) is 6.45. The third-order valence-electron chi connectivity index (χ3n) is 3.26. The van der Waals surface area contributed by atoms with E-state index in [0.717, 1.165) is 13.0 Å². The van der Waals surface area contributed by atoms with Crippen LogP contribution in [-0.2, 0) is 16.1 Å². The van der Waals surface area contributed by atoms with Gasteiger partial charge in [0.05, 0.1) is 25.7 Å². The Balaban J connectivity index is 2.08. The van der Waals surface area contributed by atoms with Crippen LogP contribution in [0.15, 0.2) is 4.52 Å². The van der Waals surface area contributed by atoms with E-state index in [4.69, 9.17) is 9.26 Å². The molecule has 106 valence electrons. The van der Waals surface area contributed by atoms with Crippen molar-refractivity contribution in [2.75, 3.05) is 19.8 Å². The van der Waals surface area contributed by atoms with Gasteiger partial charge in [-0.2, -0.15) is 4.98 Å². The van der Waals surface area contributed by atoms with Gasteiger partial charge < -0.3 is 14.4 Å². The maximum absolute atomic E-state index is 11.2. The number of hydrogen-bond acceptors (Lipinski definition) is 6. The minimum atomic E-state index is -0.815. The fraction of sp³-hybridized carbons (Fsp3) is 0.750. The molecule has 2 atom stereocenters. The second kappa shape index (κ2) is 6.12. The van der Waals surface area contributed by atoms with Crippen molar-refractivity contribution >= 4 is 5.97 Å². The van der Waals surface area contributed by atoms with Gasteiger partial charge in [-0.15, -0.1) is 0 Å². The van der Waals surface area contributed by atoms with Gasteiger partial charge in [0.1, 0.15) is 0 Å². The van der Waals surface area contributed by atoms with Crippen molar-refractivity contribution in [1.82, 2.24) is 15.0 Å². The van der Waals surface area contributed by atoms with Crippen LogP contribution in [0.4, 0.5) is 0 Å². The molecule has 7 nitrogen and oxygen atoms in total. The Morgan fingerprint density at radius 3 is 2.89 bits per heavy atom. The lowest BCUT2D eigenvalue weighted by molar-refractivity contribution is -0.143. The van der Waals surface area contributed by atoms with Crippen LogP contribution in [0.3, 0.4) is 0 Å². The summed E-state index contributed by atoms with van der Waals surface area (Å²) in [6.45, 7) is 5.76. The normalized spacial score (nSPS) is 23.1. The molecule has 7 heteroatoms. The molecule has 1 aliphatic rings. The lowest BCUT2D eigenvalue weighted by Gasteiger charge is -2.28. The van der Waals surface area contributed by atoms with Crippen LogP contribution in [0.25, 0.3) is 0 Å². The van der Waals surface area contributed by atoms with E-state index in [1.165, 1.54) is 0 Å². The fourth-order valence-electron chi connectivity index (χ4n) is 2.37. The van der Waals surface area contributed by atoms with E-state index in [2.05, 4.69) is 22.0 Å². The second-order valence-electron chi connectivity index (χ2n) is 4.76. The molecule has 1 aromatic rings. The van der Waals surface area contributed by atoms with E-state index < -0.39 is 11.9 Å². The van der Waals surface area contributed by atoms with Crippen LogP contribution < -0.4 is 0 Å². The summed E-state index contributed by atoms with van der Waals surface area (Å²) in [4.78, 5) is 17.4. The zero-order valence-corrected chi connectivity index (χ0v) is 11.2. The average molecular weight is 269 g/mol. The summed E-state index contributed by atoms with van der Waals surface area (Å²) in [6.07, 6.45) is 0.927. The van der Waals surface area contributed by atoms with E-state index in [9.17, 15) is 9.90 Å². The highest BCUT2D eigenvalue weighted by atomic mass is 16.5. The quantitative estimate of drug-likeness (QED) is 0.812. The third-order valence-corrected chi connectivity index (χ3v) is 3.26. The van der Waals surface area contributed by atoms with E-state index in [1.54, 1.807) is 6.92 Å². The van der Waals surface area contributed by atoms with Crippen LogP contribution >= 0.6 is 0 Å². The number of aromatic nitrogens is 2. The van der Waals surface area contributed by atoms with E-state index in [0.29, 0.717) is 24.9 Å². The van der Waals surface area contributed by atoms with Gasteiger partial charge in [-0.1, -0.05) is 12.1 Å². The molecular weight excluding hydrogens is 250 g/mol. The van der Waals surface area contributed by atoms with Gasteiger partial charge in [0.25, 0.3) is 0 Å². The molecule has 0 amide bonds. The second-order valence-corrected chi connectivity index (χ2v) is 4.76. The summed E-state index contributed by atoms with van der Waals surface area (Å²) in [7, 11) is 0. The summed E-state index contributed by atoms with van der Waals surface area (Å²) in [5.74, 6) is -0.202. The molecule has 0 bridgehead atoms. The zero-order chi connectivity index (χ0) is 13.8. The first-order chi connectivity index (χ1) is 9.11. The predicted molar refractivity (Wildman–Crippen MR) is 65.5 cm³/mol. The molecule has 0 radical (unpaired) electrons. The number of nitrogens with zero attached hydrogens (tertiary/aromatic N) is 3. The van der Waals surface area contributed by atoms with Gasteiger partial charge in [0.2, 0.25) is 5.89 Å². The van der Waals surface area contributed by atoms with Crippen molar-refractivity contribution in [2.24, 2.45) is 5.92 Å². The Morgan fingerprint density at radius 1 is 1.53 bits per heavy atom. The van der Waals surface area contributed by atoms with Gasteiger partial charge in [-0.05, 0) is 19.9 Å². The topological polar surface area (TPSA) is 88.7 Å². The first-order valence-electron chi connectivity index (χ1n) is 6.45. The van der Waals surface area contributed by atoms with Crippen molar-refractivity contribution in [1.29, 1.82) is 0 Å². The average Bonchev–Trinajstić information content (AvgIpc) is 2.97. The highest BCUT2D eigenvalue weighted by molar-refractivity contribution is 5.71. The number of aryl methyl sites for hydroxylation is 1. The molecule has 2 unspecified atom stereocenters. The van der Waals surface area contributed by atoms with Gasteiger partial charge in [0, 0.05) is 6.04 Å². The molecule has 1 saturated heterocycles. The number of hydrogen-bond donors (Lipinski definition) is 1. The lowest BCUT2D eigenvalue weighted by Crippen LogP contribution is -2.43. The van der Waals surface area contributed by atoms with E-state index in [-0.39, 0.29) is 12.6 Å². The largest absolute Gasteiger partial charge is 0.481 e. The summed E-state index contributed by atoms with van der Waals surface area (Å²) >= 11 is 0. The zero-order valence-electron chi connectivity index (χ0n) is 11.2. The number of rotatable bonds is 6. The highest BCUT2D eigenvalue weighted by Gasteiger charge is 2.38. The minimum Gasteiger partial charge on any atom is -0.481 e. The smallest absolute Gasteiger partial charge is 0.310 e. The Morgan fingerprint density at radius 2 is 2.32 bits per heavy atom. The molecule has 0 spiro atoms. The first kappa shape index (κ1) is 14.0. The molecule has 2 heterocycles. The van der Waals surface area contributed by atoms with Crippen molar-refractivity contribution in [3.05, 3.63) is 11.7 Å². The monoisotopic (exact) mass is 269 g/mol. The summed E-state index contributed by atoms with van der Waals surface area (Å²) < 4.78 is 10.4. The van der Waals surface area contributed by atoms with Crippen molar-refractivity contribution < 1.29 is 19.2 Å². The third kappa shape index (κ3) is 3.30. The molecule has 1 aliphatic heterocycles. The van der Waals surface area contributed by atoms with Gasteiger partial charge in [-0.25, -0.2) is 0 Å². The van der Waals surface area contributed by atoms with Crippen LogP contribution in [0.5, 0.6) is 0 Å². The summed E-state index contributed by atoms with van der Waals surface area (Å²) in [6, 6.07) is -0.135. The van der Waals surface area contributed by atoms with E-state index in [1.807, 2.05) is 0 Å². The Labute approximate surface area is 111 Å². The van der Waals surface area contributed by atoms with Crippen LogP contribution in [0, 0.1) is 12.8 Å². The number of carboxylic acid groups (broad SMARTS) is 1. The Hall–Kier alpha value is -1.47. The molecule has 0 saturated carbocycles. The predicted octanol–water partition coefficient (Wildman–Crippen LogP) is 0.690. The van der Waals surface area contributed by atoms with Gasteiger partial charge in [-0.3, -0.25) is 9.69 Å². The number of carboxylic acids is 1. The molecular formula is C12H19N3O4. The Bertz CT molecular complexity index is 434. The maximum atomic E-state index is 11.2. The molecule has 0 aliphatic carbocycles. The van der Waals surface area contributed by atoms with E-state index >= 15 is 0 Å². The molecule has 19 heavy (non-hydrogen) atoms. The summed E-state index contributed by atoms with van der Waals surface area (Å²) in [5, 5.41) is 13.0. The van der Waals surface area contributed by atoms with Crippen LogP contribution in [0.2, 0.25) is 0 Å². The summed E-state index contributed by atoms with van der Waals surface area (Å²) in [5.41, 5.74) is 0. The fourth-order valence-corrected chi connectivity index (χ4v) is 2.37. The highest BCUT2D eigenvalue weighted by Crippen LogP contribution is 2.22. The van der Waals surface area contributed by atoms with Crippen LogP contribution in [0.1, 0.15) is 25.1 Å². The molecule has 2 rings (SSSR count). The van der Waals surface area contributed by atoms with Crippen molar-refractivity contribution in [3.63, 3.8) is 0 Å². The van der Waals surface area contributed by atoms with Gasteiger partial charge >= 0.3 is 5.97 Å². The van der Waals surface area contributed by atoms with Crippen LogP contribution in [-0.4, -0.2) is 51.9 Å². The molecule has 0 aromatic carbocycles. The molecule has 1 N–H and O–H groups in total. The minimum absolute atomic E-state index is 0.135. The molecule has 1 aromatic heterocycles. The lowest BCUT2D eigenvalue weighted by atomic mass is 10.0. The standard InChI is InChI=1S/C12H19N3O4/c1-3-4-15(5-11-13-8(2)14-19-11)10-7-18-6-9(10)12(16)17/h9-10H,3-7H2,1-2H3,(H,16,17). The molecule has 1 fully saturated rings. The van der Waals surface area contributed by atoms with Crippen molar-refractivity contribution in [2.45, 2.75) is 32.9 Å².